The zero-order valence-electron chi connectivity index (χ0n) is 11.9. The lowest BCUT2D eigenvalue weighted by molar-refractivity contribution is -0.123. The molecular weight excluding hydrogens is 270 g/mol. The number of amides is 1. The fraction of sp³-hybridized carbons (Fsp3) is 0.667. The van der Waals surface area contributed by atoms with Crippen molar-refractivity contribution in [2.75, 3.05) is 32.7 Å². The first kappa shape index (κ1) is 14.0. The Morgan fingerprint density at radius 3 is 3.30 bits per heavy atom. The third kappa shape index (κ3) is 3.40. The van der Waals surface area contributed by atoms with E-state index >= 15 is 0 Å². The SMILES string of the molecule is O=C(CN1CCCNCC1)NC1CCCc2sccc21. The van der Waals surface area contributed by atoms with Crippen LogP contribution in [0.5, 0.6) is 0 Å². The van der Waals surface area contributed by atoms with E-state index in [1.54, 1.807) is 0 Å². The molecule has 4 nitrogen and oxygen atoms in total. The van der Waals surface area contributed by atoms with Gasteiger partial charge in [0.05, 0.1) is 12.6 Å². The van der Waals surface area contributed by atoms with Gasteiger partial charge in [0.15, 0.2) is 0 Å². The van der Waals surface area contributed by atoms with Crippen molar-refractivity contribution in [1.29, 1.82) is 0 Å². The average molecular weight is 293 g/mol. The Morgan fingerprint density at radius 2 is 2.35 bits per heavy atom. The van der Waals surface area contributed by atoms with E-state index in [-0.39, 0.29) is 11.9 Å². The standard InChI is InChI=1S/C15H23N3OS/c19-15(11-18-8-2-6-16-7-9-18)17-13-3-1-4-14-12(13)5-10-20-14/h5,10,13,16H,1-4,6-9,11H2,(H,17,19). The maximum atomic E-state index is 12.3. The molecule has 0 saturated carbocycles. The van der Waals surface area contributed by atoms with Crippen LogP contribution in [0.15, 0.2) is 11.4 Å². The van der Waals surface area contributed by atoms with Crippen LogP contribution in [-0.2, 0) is 11.2 Å². The average Bonchev–Trinajstić information content (AvgIpc) is 2.78. The van der Waals surface area contributed by atoms with Crippen LogP contribution in [0.1, 0.15) is 35.7 Å². The molecule has 0 aromatic carbocycles. The number of thiophene rings is 1. The molecule has 1 fully saturated rings. The minimum absolute atomic E-state index is 0.177. The fourth-order valence-electron chi connectivity index (χ4n) is 3.14. The maximum absolute atomic E-state index is 12.3. The highest BCUT2D eigenvalue weighted by molar-refractivity contribution is 7.10. The second-order valence-corrected chi connectivity index (χ2v) is 6.69. The van der Waals surface area contributed by atoms with E-state index in [2.05, 4.69) is 27.0 Å². The van der Waals surface area contributed by atoms with Crippen LogP contribution in [0.2, 0.25) is 0 Å². The molecule has 0 spiro atoms. The highest BCUT2D eigenvalue weighted by atomic mass is 32.1. The fourth-order valence-corrected chi connectivity index (χ4v) is 4.13. The molecule has 2 N–H and O–H groups in total. The first-order valence-electron chi connectivity index (χ1n) is 7.61. The van der Waals surface area contributed by atoms with E-state index in [4.69, 9.17) is 0 Å². The van der Waals surface area contributed by atoms with Crippen molar-refractivity contribution in [3.63, 3.8) is 0 Å². The van der Waals surface area contributed by atoms with Crippen LogP contribution in [0.25, 0.3) is 0 Å². The van der Waals surface area contributed by atoms with Crippen LogP contribution < -0.4 is 10.6 Å². The Labute approximate surface area is 124 Å². The van der Waals surface area contributed by atoms with Crippen molar-refractivity contribution in [2.24, 2.45) is 0 Å². The minimum Gasteiger partial charge on any atom is -0.348 e. The van der Waals surface area contributed by atoms with E-state index in [1.165, 1.54) is 23.3 Å². The van der Waals surface area contributed by atoms with Crippen molar-refractivity contribution < 1.29 is 4.79 Å². The predicted octanol–water partition coefficient (Wildman–Crippen LogP) is 1.54. The Bertz CT molecular complexity index is 452. The zero-order chi connectivity index (χ0) is 13.8. The lowest BCUT2D eigenvalue weighted by Crippen LogP contribution is -2.40. The van der Waals surface area contributed by atoms with Crippen LogP contribution in [0.3, 0.4) is 0 Å². The number of hydrogen-bond acceptors (Lipinski definition) is 4. The van der Waals surface area contributed by atoms with Crippen LogP contribution in [0, 0.1) is 0 Å². The van der Waals surface area contributed by atoms with Crippen LogP contribution in [-0.4, -0.2) is 43.5 Å². The third-order valence-electron chi connectivity index (χ3n) is 4.19. The molecule has 5 heteroatoms. The number of aryl methyl sites for hydroxylation is 1. The smallest absolute Gasteiger partial charge is 0.234 e. The minimum atomic E-state index is 0.177. The molecule has 0 radical (unpaired) electrons. The normalized spacial score (nSPS) is 23.9. The van der Waals surface area contributed by atoms with Gasteiger partial charge in [0.25, 0.3) is 0 Å². The van der Waals surface area contributed by atoms with E-state index in [0.717, 1.165) is 39.0 Å². The summed E-state index contributed by atoms with van der Waals surface area (Å²) in [4.78, 5) is 16.0. The van der Waals surface area contributed by atoms with E-state index in [1.807, 2.05) is 11.3 Å². The molecule has 1 aromatic heterocycles. The molecule has 1 unspecified atom stereocenters. The van der Waals surface area contributed by atoms with Crippen LogP contribution in [0.4, 0.5) is 0 Å². The molecule has 2 heterocycles. The molecule has 20 heavy (non-hydrogen) atoms. The maximum Gasteiger partial charge on any atom is 0.234 e. The molecule has 110 valence electrons. The second kappa shape index (κ2) is 6.70. The van der Waals surface area contributed by atoms with Gasteiger partial charge in [-0.2, -0.15) is 0 Å². The summed E-state index contributed by atoms with van der Waals surface area (Å²) in [5.41, 5.74) is 1.35. The van der Waals surface area contributed by atoms with Crippen LogP contribution >= 0.6 is 11.3 Å². The van der Waals surface area contributed by atoms with Gasteiger partial charge in [0.2, 0.25) is 5.91 Å². The van der Waals surface area contributed by atoms with Gasteiger partial charge >= 0.3 is 0 Å². The quantitative estimate of drug-likeness (QED) is 0.888. The van der Waals surface area contributed by atoms with Gasteiger partial charge in [-0.25, -0.2) is 0 Å². The van der Waals surface area contributed by atoms with Crippen molar-refractivity contribution in [3.8, 4) is 0 Å². The lowest BCUT2D eigenvalue weighted by Gasteiger charge is -2.25. The summed E-state index contributed by atoms with van der Waals surface area (Å²) in [5.74, 6) is 0.177. The summed E-state index contributed by atoms with van der Waals surface area (Å²) in [6.45, 7) is 4.60. The summed E-state index contributed by atoms with van der Waals surface area (Å²) in [5, 5.41) is 8.75. The zero-order valence-corrected chi connectivity index (χ0v) is 12.7. The molecule has 0 bridgehead atoms. The molecule has 1 amide bonds. The predicted molar refractivity (Wildman–Crippen MR) is 82.1 cm³/mol. The van der Waals surface area contributed by atoms with Gasteiger partial charge in [-0.15, -0.1) is 11.3 Å². The van der Waals surface area contributed by atoms with Gasteiger partial charge < -0.3 is 10.6 Å². The molecule has 1 saturated heterocycles. The largest absolute Gasteiger partial charge is 0.348 e. The Kier molecular flexibility index (Phi) is 4.70. The Morgan fingerprint density at radius 1 is 1.40 bits per heavy atom. The first-order chi connectivity index (χ1) is 9.83. The first-order valence-corrected chi connectivity index (χ1v) is 8.49. The summed E-state index contributed by atoms with van der Waals surface area (Å²) in [6, 6.07) is 2.42. The van der Waals surface area contributed by atoms with Gasteiger partial charge in [0, 0.05) is 18.0 Å². The number of rotatable bonds is 3. The van der Waals surface area contributed by atoms with Gasteiger partial charge in [-0.1, -0.05) is 0 Å². The van der Waals surface area contributed by atoms with Gasteiger partial charge in [0.1, 0.15) is 0 Å². The molecule has 2 aliphatic rings. The second-order valence-electron chi connectivity index (χ2n) is 5.69. The van der Waals surface area contributed by atoms with E-state index < -0.39 is 0 Å². The summed E-state index contributed by atoms with van der Waals surface area (Å²) in [7, 11) is 0. The summed E-state index contributed by atoms with van der Waals surface area (Å²) in [6.07, 6.45) is 4.58. The number of carbonyl (C=O) groups excluding carboxylic acids is 1. The molecule has 1 atom stereocenters. The van der Waals surface area contributed by atoms with Crippen molar-refractivity contribution in [2.45, 2.75) is 31.7 Å². The monoisotopic (exact) mass is 293 g/mol. The molecule has 3 rings (SSSR count). The molecule has 1 aliphatic carbocycles. The van der Waals surface area contributed by atoms with Crippen molar-refractivity contribution >= 4 is 17.2 Å². The van der Waals surface area contributed by atoms with E-state index in [0.29, 0.717) is 6.54 Å². The topological polar surface area (TPSA) is 44.4 Å². The number of nitrogens with one attached hydrogen (secondary N) is 2. The van der Waals surface area contributed by atoms with Gasteiger partial charge in [-0.3, -0.25) is 9.69 Å². The molecule has 1 aromatic rings. The number of hydrogen-bond donors (Lipinski definition) is 2. The number of fused-ring (bicyclic) bond motifs is 1. The molecule has 1 aliphatic heterocycles. The highest BCUT2D eigenvalue weighted by Gasteiger charge is 2.23. The van der Waals surface area contributed by atoms with E-state index in [9.17, 15) is 4.79 Å². The highest BCUT2D eigenvalue weighted by Crippen LogP contribution is 2.33. The molecular formula is C15H23N3OS. The van der Waals surface area contributed by atoms with Gasteiger partial charge in [-0.05, 0) is 55.8 Å². The van der Waals surface area contributed by atoms with Crippen molar-refractivity contribution in [3.05, 3.63) is 21.9 Å². The Balaban J connectivity index is 1.54. The third-order valence-corrected chi connectivity index (χ3v) is 5.18. The number of nitrogens with zero attached hydrogens (tertiary/aromatic N) is 1. The summed E-state index contributed by atoms with van der Waals surface area (Å²) >= 11 is 1.82. The Hall–Kier alpha value is -0.910. The summed E-state index contributed by atoms with van der Waals surface area (Å²) < 4.78 is 0. The lowest BCUT2D eigenvalue weighted by atomic mass is 9.94. The van der Waals surface area contributed by atoms with Crippen molar-refractivity contribution in [1.82, 2.24) is 15.5 Å². The number of carbonyl (C=O) groups is 1.